The van der Waals surface area contributed by atoms with Gasteiger partial charge in [-0.25, -0.2) is 9.97 Å². The van der Waals surface area contributed by atoms with E-state index in [9.17, 15) is 4.79 Å². The maximum atomic E-state index is 11.3. The van der Waals surface area contributed by atoms with Crippen molar-refractivity contribution < 1.29 is 4.79 Å². The largest absolute Gasteiger partial charge is 0.397 e. The van der Waals surface area contributed by atoms with Crippen LogP contribution in [0.5, 0.6) is 0 Å². The van der Waals surface area contributed by atoms with Crippen molar-refractivity contribution in [2.24, 2.45) is 5.73 Å². The molecule has 5 nitrogen and oxygen atoms in total. The maximum absolute atomic E-state index is 11.3. The van der Waals surface area contributed by atoms with Crippen LogP contribution in [0.25, 0.3) is 0 Å². The summed E-state index contributed by atoms with van der Waals surface area (Å²) in [6.45, 7) is 0. The molecule has 2 rings (SSSR count). The molecule has 0 bridgehead atoms. The number of nitrogens with zero attached hydrogens (tertiary/aromatic N) is 2. The molecule has 2 heterocycles. The van der Waals surface area contributed by atoms with Crippen LogP contribution in [-0.2, 0) is 0 Å². The molecule has 0 saturated heterocycles. The number of carbonyl (C=O) groups excluding carboxylic acids is 1. The number of nitrogens with two attached hydrogens (primary N) is 2. The van der Waals surface area contributed by atoms with E-state index in [1.54, 1.807) is 12.3 Å². The highest BCUT2D eigenvalue weighted by Gasteiger charge is 2.13. The van der Waals surface area contributed by atoms with Crippen LogP contribution in [0.3, 0.4) is 0 Å². The minimum atomic E-state index is -0.565. The molecule has 1 amide bonds. The number of pyridine rings is 2. The van der Waals surface area contributed by atoms with Gasteiger partial charge in [0.15, 0.2) is 0 Å². The number of halogens is 1. The van der Waals surface area contributed by atoms with E-state index in [1.165, 1.54) is 24.0 Å². The lowest BCUT2D eigenvalue weighted by atomic mass is 10.2. The lowest BCUT2D eigenvalue weighted by molar-refractivity contribution is 0.0997. The quantitative estimate of drug-likeness (QED) is 0.901. The zero-order chi connectivity index (χ0) is 13.1. The van der Waals surface area contributed by atoms with E-state index in [0.29, 0.717) is 15.7 Å². The van der Waals surface area contributed by atoms with E-state index in [-0.39, 0.29) is 5.56 Å². The lowest BCUT2D eigenvalue weighted by Crippen LogP contribution is -2.13. The number of aromatic nitrogens is 2. The lowest BCUT2D eigenvalue weighted by Gasteiger charge is -2.06. The van der Waals surface area contributed by atoms with Crippen molar-refractivity contribution in [1.29, 1.82) is 0 Å². The van der Waals surface area contributed by atoms with Crippen LogP contribution in [0.15, 0.2) is 45.1 Å². The number of anilines is 1. The molecule has 0 radical (unpaired) electrons. The van der Waals surface area contributed by atoms with Gasteiger partial charge in [-0.3, -0.25) is 4.79 Å². The molecule has 0 spiro atoms. The topological polar surface area (TPSA) is 94.9 Å². The summed E-state index contributed by atoms with van der Waals surface area (Å²) in [7, 11) is 0. The summed E-state index contributed by atoms with van der Waals surface area (Å²) in [5.74, 6) is -0.565. The minimum absolute atomic E-state index is 0.289. The first-order chi connectivity index (χ1) is 8.58. The van der Waals surface area contributed by atoms with E-state index >= 15 is 0 Å². The summed E-state index contributed by atoms with van der Waals surface area (Å²) in [6.07, 6.45) is 3.14. The van der Waals surface area contributed by atoms with Gasteiger partial charge < -0.3 is 11.5 Å². The van der Waals surface area contributed by atoms with Crippen LogP contribution in [0.4, 0.5) is 5.69 Å². The van der Waals surface area contributed by atoms with Crippen LogP contribution in [-0.4, -0.2) is 15.9 Å². The Bertz CT molecular complexity index is 605. The van der Waals surface area contributed by atoms with Crippen molar-refractivity contribution in [2.75, 3.05) is 5.73 Å². The molecule has 2 aromatic rings. The van der Waals surface area contributed by atoms with E-state index in [4.69, 9.17) is 11.5 Å². The van der Waals surface area contributed by atoms with Crippen LogP contribution in [0.2, 0.25) is 0 Å². The second kappa shape index (κ2) is 5.36. The summed E-state index contributed by atoms with van der Waals surface area (Å²) in [6, 6.07) is 5.17. The highest BCUT2D eigenvalue weighted by Crippen LogP contribution is 2.32. The highest BCUT2D eigenvalue weighted by molar-refractivity contribution is 9.10. The van der Waals surface area contributed by atoms with Crippen molar-refractivity contribution >= 4 is 39.3 Å². The highest BCUT2D eigenvalue weighted by atomic mass is 79.9. The first-order valence-electron chi connectivity index (χ1n) is 4.91. The Morgan fingerprint density at radius 1 is 1.33 bits per heavy atom. The molecule has 0 aromatic carbocycles. The first-order valence-corrected chi connectivity index (χ1v) is 6.52. The molecular formula is C11H9BrN4OS. The van der Waals surface area contributed by atoms with Crippen LogP contribution >= 0.6 is 27.7 Å². The summed E-state index contributed by atoms with van der Waals surface area (Å²) in [5, 5.41) is 1.19. The molecule has 92 valence electrons. The van der Waals surface area contributed by atoms with Crippen LogP contribution in [0, 0.1) is 0 Å². The average molecular weight is 325 g/mol. The predicted octanol–water partition coefficient (Wildman–Crippen LogP) is 2.07. The molecular weight excluding hydrogens is 316 g/mol. The Balaban J connectivity index is 2.41. The summed E-state index contributed by atoms with van der Waals surface area (Å²) in [5.41, 5.74) is 11.6. The molecule has 0 saturated carbocycles. The van der Waals surface area contributed by atoms with Gasteiger partial charge >= 0.3 is 0 Å². The third-order valence-corrected chi connectivity index (χ3v) is 4.00. The van der Waals surface area contributed by atoms with Gasteiger partial charge in [0.05, 0.1) is 21.9 Å². The fourth-order valence-electron chi connectivity index (χ4n) is 1.26. The Kier molecular flexibility index (Phi) is 3.83. The molecule has 7 heteroatoms. The number of hydrogen-bond donors (Lipinski definition) is 2. The number of amides is 1. The maximum Gasteiger partial charge on any atom is 0.251 e. The second-order valence-electron chi connectivity index (χ2n) is 3.38. The second-order valence-corrected chi connectivity index (χ2v) is 5.21. The summed E-state index contributed by atoms with van der Waals surface area (Å²) >= 11 is 4.63. The minimum Gasteiger partial charge on any atom is -0.397 e. The van der Waals surface area contributed by atoms with E-state index in [1.807, 2.05) is 6.07 Å². The summed E-state index contributed by atoms with van der Waals surface area (Å²) in [4.78, 5) is 19.6. The monoisotopic (exact) mass is 324 g/mol. The van der Waals surface area contributed by atoms with Gasteiger partial charge in [-0.15, -0.1) is 0 Å². The van der Waals surface area contributed by atoms with Gasteiger partial charge in [0.2, 0.25) is 0 Å². The average Bonchev–Trinajstić information content (AvgIpc) is 2.34. The van der Waals surface area contributed by atoms with Crippen LogP contribution < -0.4 is 11.5 Å². The third kappa shape index (κ3) is 2.80. The van der Waals surface area contributed by atoms with E-state index < -0.39 is 5.91 Å². The zero-order valence-corrected chi connectivity index (χ0v) is 11.5. The summed E-state index contributed by atoms with van der Waals surface area (Å²) < 4.78 is 0.823. The third-order valence-electron chi connectivity index (χ3n) is 2.06. The Morgan fingerprint density at radius 2 is 2.11 bits per heavy atom. The predicted molar refractivity (Wildman–Crippen MR) is 73.2 cm³/mol. The first kappa shape index (κ1) is 12.8. The molecule has 18 heavy (non-hydrogen) atoms. The van der Waals surface area contributed by atoms with Gasteiger partial charge in [0, 0.05) is 6.20 Å². The van der Waals surface area contributed by atoms with Gasteiger partial charge in [0.1, 0.15) is 10.1 Å². The molecule has 0 aliphatic carbocycles. The Hall–Kier alpha value is -1.60. The van der Waals surface area contributed by atoms with Gasteiger partial charge in [-0.2, -0.15) is 0 Å². The van der Waals surface area contributed by atoms with Crippen molar-refractivity contribution in [3.8, 4) is 0 Å². The van der Waals surface area contributed by atoms with Crippen molar-refractivity contribution in [3.05, 3.63) is 40.6 Å². The molecule has 2 aromatic heterocycles. The number of nitrogen functional groups attached to an aromatic ring is 1. The molecule has 0 aliphatic rings. The van der Waals surface area contributed by atoms with Crippen molar-refractivity contribution in [1.82, 2.24) is 9.97 Å². The molecule has 4 N–H and O–H groups in total. The SMILES string of the molecule is NC(=O)c1cc(N)cnc1Sc1ncccc1Br. The Labute approximate surface area is 116 Å². The Morgan fingerprint density at radius 3 is 2.78 bits per heavy atom. The van der Waals surface area contributed by atoms with Gasteiger partial charge in [-0.1, -0.05) is 0 Å². The molecule has 0 fully saturated rings. The number of carbonyl (C=O) groups is 1. The smallest absolute Gasteiger partial charge is 0.251 e. The van der Waals surface area contributed by atoms with Crippen molar-refractivity contribution in [3.63, 3.8) is 0 Å². The fraction of sp³-hybridized carbons (Fsp3) is 0. The number of hydrogen-bond acceptors (Lipinski definition) is 5. The number of rotatable bonds is 3. The van der Waals surface area contributed by atoms with Gasteiger partial charge in [-0.05, 0) is 45.9 Å². The number of primary amides is 1. The van der Waals surface area contributed by atoms with Gasteiger partial charge in [0.25, 0.3) is 5.91 Å². The fourth-order valence-corrected chi connectivity index (χ4v) is 2.60. The zero-order valence-electron chi connectivity index (χ0n) is 9.13. The van der Waals surface area contributed by atoms with Crippen molar-refractivity contribution in [2.45, 2.75) is 10.1 Å². The van der Waals surface area contributed by atoms with E-state index in [0.717, 1.165) is 4.47 Å². The van der Waals surface area contributed by atoms with E-state index in [2.05, 4.69) is 25.9 Å². The normalized spacial score (nSPS) is 10.3. The van der Waals surface area contributed by atoms with Crippen LogP contribution in [0.1, 0.15) is 10.4 Å². The standard InChI is InChI=1S/C11H9BrN4OS/c12-8-2-1-3-15-11(8)18-10-7(9(14)17)4-6(13)5-16-10/h1-5H,13H2,(H2,14,17). The molecule has 0 atom stereocenters. The molecule has 0 unspecified atom stereocenters. The molecule has 0 aliphatic heterocycles.